The van der Waals surface area contributed by atoms with Gasteiger partial charge in [-0.05, 0) is 19.8 Å². The van der Waals surface area contributed by atoms with E-state index in [2.05, 4.69) is 6.58 Å². The van der Waals surface area contributed by atoms with E-state index >= 15 is 0 Å². The molecular formula is C10H16O2. The van der Waals surface area contributed by atoms with Gasteiger partial charge in [-0.3, -0.25) is 4.79 Å². The molecule has 0 aromatic rings. The number of allylic oxidation sites excluding steroid dienone is 1. The highest BCUT2D eigenvalue weighted by Gasteiger charge is 2.30. The molecule has 0 aliphatic heterocycles. The summed E-state index contributed by atoms with van der Waals surface area (Å²) in [5.41, 5.74) is 0. The van der Waals surface area contributed by atoms with Crippen molar-refractivity contribution >= 4 is 5.78 Å². The van der Waals surface area contributed by atoms with Crippen molar-refractivity contribution in [2.24, 2.45) is 11.8 Å². The van der Waals surface area contributed by atoms with E-state index in [-0.39, 0.29) is 23.4 Å². The standard InChI is InChI=1S/C10H16O2/c1-7(11)9-5-3-4-6-10(9)8(2)12/h9-11H,1,3-6H2,2H3. The highest BCUT2D eigenvalue weighted by Crippen LogP contribution is 2.33. The predicted molar refractivity (Wildman–Crippen MR) is 47.9 cm³/mol. The minimum Gasteiger partial charge on any atom is -0.513 e. The Morgan fingerprint density at radius 1 is 1.33 bits per heavy atom. The van der Waals surface area contributed by atoms with Crippen LogP contribution in [0.15, 0.2) is 12.3 Å². The first-order valence-electron chi connectivity index (χ1n) is 4.51. The zero-order valence-corrected chi connectivity index (χ0v) is 7.55. The molecule has 0 aromatic heterocycles. The molecule has 1 rings (SSSR count). The number of hydrogen-bond acceptors (Lipinski definition) is 2. The van der Waals surface area contributed by atoms with Gasteiger partial charge in [-0.25, -0.2) is 0 Å². The predicted octanol–water partition coefficient (Wildman–Crippen LogP) is 2.45. The quantitative estimate of drug-likeness (QED) is 0.643. The molecule has 1 fully saturated rings. The zero-order valence-electron chi connectivity index (χ0n) is 7.55. The number of aliphatic hydroxyl groups excluding tert-OH is 1. The van der Waals surface area contributed by atoms with Crippen LogP contribution in [0.2, 0.25) is 0 Å². The molecule has 0 amide bonds. The van der Waals surface area contributed by atoms with E-state index in [1.807, 2.05) is 0 Å². The fourth-order valence-corrected chi connectivity index (χ4v) is 2.02. The second-order valence-electron chi connectivity index (χ2n) is 3.60. The van der Waals surface area contributed by atoms with Crippen molar-refractivity contribution in [1.82, 2.24) is 0 Å². The number of carbonyl (C=O) groups excluding carboxylic acids is 1. The van der Waals surface area contributed by atoms with Gasteiger partial charge in [0.15, 0.2) is 0 Å². The number of carbonyl (C=O) groups is 1. The molecule has 0 saturated heterocycles. The van der Waals surface area contributed by atoms with E-state index in [9.17, 15) is 9.90 Å². The molecule has 0 spiro atoms. The van der Waals surface area contributed by atoms with Crippen LogP contribution in [0.5, 0.6) is 0 Å². The van der Waals surface area contributed by atoms with E-state index < -0.39 is 0 Å². The lowest BCUT2D eigenvalue weighted by Crippen LogP contribution is -2.26. The summed E-state index contributed by atoms with van der Waals surface area (Å²) in [4.78, 5) is 11.2. The summed E-state index contributed by atoms with van der Waals surface area (Å²) >= 11 is 0. The summed E-state index contributed by atoms with van der Waals surface area (Å²) in [6, 6.07) is 0. The van der Waals surface area contributed by atoms with Crippen LogP contribution in [0.25, 0.3) is 0 Å². The molecule has 2 heteroatoms. The van der Waals surface area contributed by atoms with Crippen LogP contribution in [0.1, 0.15) is 32.6 Å². The first-order valence-corrected chi connectivity index (χ1v) is 4.51. The average Bonchev–Trinajstić information content (AvgIpc) is 2.04. The Kier molecular flexibility index (Phi) is 2.90. The average molecular weight is 168 g/mol. The fourth-order valence-electron chi connectivity index (χ4n) is 2.02. The first kappa shape index (κ1) is 9.30. The Morgan fingerprint density at radius 2 is 1.83 bits per heavy atom. The summed E-state index contributed by atoms with van der Waals surface area (Å²) in [5.74, 6) is 0.428. The summed E-state index contributed by atoms with van der Waals surface area (Å²) in [6.45, 7) is 5.12. The molecule has 1 aliphatic rings. The summed E-state index contributed by atoms with van der Waals surface area (Å²) in [7, 11) is 0. The molecule has 2 unspecified atom stereocenters. The van der Waals surface area contributed by atoms with Gasteiger partial charge in [0, 0.05) is 11.8 Å². The van der Waals surface area contributed by atoms with Crippen molar-refractivity contribution < 1.29 is 9.90 Å². The van der Waals surface area contributed by atoms with Crippen LogP contribution in [-0.2, 0) is 4.79 Å². The molecule has 2 nitrogen and oxygen atoms in total. The summed E-state index contributed by atoms with van der Waals surface area (Å²) < 4.78 is 0. The third-order valence-electron chi connectivity index (χ3n) is 2.72. The Bertz CT molecular complexity index is 174. The molecule has 0 heterocycles. The highest BCUT2D eigenvalue weighted by atomic mass is 16.3. The van der Waals surface area contributed by atoms with Gasteiger partial charge in [0.1, 0.15) is 5.78 Å². The van der Waals surface area contributed by atoms with Gasteiger partial charge in [-0.15, -0.1) is 0 Å². The maximum absolute atomic E-state index is 11.2. The number of ketones is 1. The van der Waals surface area contributed by atoms with E-state index in [1.54, 1.807) is 6.92 Å². The van der Waals surface area contributed by atoms with Crippen molar-refractivity contribution in [3.8, 4) is 0 Å². The van der Waals surface area contributed by atoms with Gasteiger partial charge in [0.2, 0.25) is 0 Å². The van der Waals surface area contributed by atoms with E-state index in [0.29, 0.717) is 0 Å². The van der Waals surface area contributed by atoms with E-state index in [0.717, 1.165) is 25.7 Å². The SMILES string of the molecule is C=C(O)C1CCCCC1C(C)=O. The van der Waals surface area contributed by atoms with Crippen LogP contribution in [0.4, 0.5) is 0 Å². The molecular weight excluding hydrogens is 152 g/mol. The molecule has 1 aliphatic carbocycles. The Morgan fingerprint density at radius 3 is 2.17 bits per heavy atom. The van der Waals surface area contributed by atoms with Gasteiger partial charge in [-0.2, -0.15) is 0 Å². The van der Waals surface area contributed by atoms with Crippen LogP contribution < -0.4 is 0 Å². The number of aliphatic hydroxyl groups is 1. The fraction of sp³-hybridized carbons (Fsp3) is 0.700. The third kappa shape index (κ3) is 1.87. The minimum atomic E-state index is 0.0243. The molecule has 1 N–H and O–H groups in total. The van der Waals surface area contributed by atoms with Gasteiger partial charge in [0.25, 0.3) is 0 Å². The van der Waals surface area contributed by atoms with E-state index in [4.69, 9.17) is 0 Å². The van der Waals surface area contributed by atoms with Gasteiger partial charge in [0.05, 0.1) is 5.76 Å². The van der Waals surface area contributed by atoms with Crippen LogP contribution in [0.3, 0.4) is 0 Å². The smallest absolute Gasteiger partial charge is 0.133 e. The zero-order chi connectivity index (χ0) is 9.14. The molecule has 2 atom stereocenters. The Balaban J connectivity index is 2.67. The first-order chi connectivity index (χ1) is 5.63. The van der Waals surface area contributed by atoms with Crippen molar-refractivity contribution in [2.45, 2.75) is 32.6 Å². The third-order valence-corrected chi connectivity index (χ3v) is 2.72. The maximum Gasteiger partial charge on any atom is 0.133 e. The summed E-state index contributed by atoms with van der Waals surface area (Å²) in [6.07, 6.45) is 4.04. The lowest BCUT2D eigenvalue weighted by atomic mass is 9.76. The molecule has 0 radical (unpaired) electrons. The van der Waals surface area contributed by atoms with Crippen LogP contribution in [0, 0.1) is 11.8 Å². The Hall–Kier alpha value is -0.790. The second kappa shape index (κ2) is 3.74. The molecule has 0 aromatic carbocycles. The molecule has 0 bridgehead atoms. The maximum atomic E-state index is 11.2. The van der Waals surface area contributed by atoms with Crippen LogP contribution in [-0.4, -0.2) is 10.9 Å². The van der Waals surface area contributed by atoms with E-state index in [1.165, 1.54) is 0 Å². The lowest BCUT2D eigenvalue weighted by molar-refractivity contribution is -0.123. The summed E-state index contributed by atoms with van der Waals surface area (Å²) in [5, 5.41) is 9.25. The van der Waals surface area contributed by atoms with Crippen molar-refractivity contribution in [3.05, 3.63) is 12.3 Å². The minimum absolute atomic E-state index is 0.0243. The second-order valence-corrected chi connectivity index (χ2v) is 3.60. The van der Waals surface area contributed by atoms with Gasteiger partial charge < -0.3 is 5.11 Å². The monoisotopic (exact) mass is 168 g/mol. The van der Waals surface area contributed by atoms with Crippen molar-refractivity contribution in [2.75, 3.05) is 0 Å². The van der Waals surface area contributed by atoms with Gasteiger partial charge in [-0.1, -0.05) is 19.4 Å². The highest BCUT2D eigenvalue weighted by molar-refractivity contribution is 5.79. The van der Waals surface area contributed by atoms with Crippen molar-refractivity contribution in [3.63, 3.8) is 0 Å². The van der Waals surface area contributed by atoms with Crippen LogP contribution >= 0.6 is 0 Å². The molecule has 1 saturated carbocycles. The molecule has 12 heavy (non-hydrogen) atoms. The van der Waals surface area contributed by atoms with Crippen molar-refractivity contribution in [1.29, 1.82) is 0 Å². The topological polar surface area (TPSA) is 37.3 Å². The van der Waals surface area contributed by atoms with Gasteiger partial charge >= 0.3 is 0 Å². The number of rotatable bonds is 2. The number of Topliss-reactive ketones (excluding diaryl/α,β-unsaturated/α-hetero) is 1. The number of hydrogen-bond donors (Lipinski definition) is 1. The largest absolute Gasteiger partial charge is 0.513 e. The molecule has 68 valence electrons. The lowest BCUT2D eigenvalue weighted by Gasteiger charge is -2.28. The Labute approximate surface area is 73.3 Å². The normalized spacial score (nSPS) is 29.8.